The molecule has 1 rings (SSSR count). The first kappa shape index (κ1) is 9.24. The lowest BCUT2D eigenvalue weighted by molar-refractivity contribution is 0.677. The van der Waals surface area contributed by atoms with E-state index in [2.05, 4.69) is 18.3 Å². The molecule has 0 bridgehead atoms. The van der Waals surface area contributed by atoms with E-state index in [0.717, 1.165) is 24.4 Å². The van der Waals surface area contributed by atoms with Gasteiger partial charge in [-0.05, 0) is 30.0 Å². The SMILES string of the molecule is CCCNCc1csc(C#N)c1. The van der Waals surface area contributed by atoms with Crippen molar-refractivity contribution in [3.63, 3.8) is 0 Å². The van der Waals surface area contributed by atoms with Crippen LogP contribution in [0.5, 0.6) is 0 Å². The number of hydrogen-bond donors (Lipinski definition) is 1. The van der Waals surface area contributed by atoms with E-state index < -0.39 is 0 Å². The Morgan fingerprint density at radius 1 is 1.67 bits per heavy atom. The van der Waals surface area contributed by atoms with Gasteiger partial charge in [-0.1, -0.05) is 6.92 Å². The van der Waals surface area contributed by atoms with Crippen LogP contribution < -0.4 is 5.32 Å². The molecule has 0 amide bonds. The highest BCUT2D eigenvalue weighted by molar-refractivity contribution is 7.10. The van der Waals surface area contributed by atoms with Gasteiger partial charge in [-0.3, -0.25) is 0 Å². The highest BCUT2D eigenvalue weighted by Gasteiger charge is 1.96. The number of nitriles is 1. The molecule has 0 atom stereocenters. The van der Waals surface area contributed by atoms with E-state index in [1.165, 1.54) is 16.9 Å². The van der Waals surface area contributed by atoms with E-state index in [9.17, 15) is 0 Å². The van der Waals surface area contributed by atoms with Crippen molar-refractivity contribution in [1.82, 2.24) is 5.32 Å². The maximum atomic E-state index is 8.56. The zero-order valence-electron chi connectivity index (χ0n) is 7.13. The van der Waals surface area contributed by atoms with Crippen LogP contribution in [0.3, 0.4) is 0 Å². The molecule has 0 saturated heterocycles. The van der Waals surface area contributed by atoms with Crippen LogP contribution in [-0.2, 0) is 6.54 Å². The second-order valence-corrected chi connectivity index (χ2v) is 3.52. The molecule has 0 spiro atoms. The fourth-order valence-electron chi connectivity index (χ4n) is 0.936. The van der Waals surface area contributed by atoms with Crippen LogP contribution >= 0.6 is 11.3 Å². The standard InChI is InChI=1S/C9H12N2S/c1-2-3-11-6-8-4-9(5-10)12-7-8/h4,7,11H,2-3,6H2,1H3. The molecular formula is C9H12N2S. The zero-order chi connectivity index (χ0) is 8.81. The van der Waals surface area contributed by atoms with Crippen molar-refractivity contribution in [3.8, 4) is 6.07 Å². The Balaban J connectivity index is 2.38. The van der Waals surface area contributed by atoms with Gasteiger partial charge in [-0.2, -0.15) is 5.26 Å². The van der Waals surface area contributed by atoms with Crippen molar-refractivity contribution >= 4 is 11.3 Å². The van der Waals surface area contributed by atoms with Gasteiger partial charge in [-0.15, -0.1) is 11.3 Å². The third kappa shape index (κ3) is 2.65. The highest BCUT2D eigenvalue weighted by atomic mass is 32.1. The molecule has 0 aromatic carbocycles. The maximum absolute atomic E-state index is 8.56. The summed E-state index contributed by atoms with van der Waals surface area (Å²) in [6.07, 6.45) is 1.15. The van der Waals surface area contributed by atoms with Gasteiger partial charge < -0.3 is 5.32 Å². The second-order valence-electron chi connectivity index (χ2n) is 2.61. The van der Waals surface area contributed by atoms with E-state index >= 15 is 0 Å². The van der Waals surface area contributed by atoms with E-state index in [4.69, 9.17) is 5.26 Å². The molecule has 1 N–H and O–H groups in total. The molecule has 0 unspecified atom stereocenters. The van der Waals surface area contributed by atoms with Crippen molar-refractivity contribution in [2.45, 2.75) is 19.9 Å². The minimum atomic E-state index is 0.795. The first-order chi connectivity index (χ1) is 5.86. The van der Waals surface area contributed by atoms with E-state index in [-0.39, 0.29) is 0 Å². The Morgan fingerprint density at radius 2 is 2.50 bits per heavy atom. The van der Waals surface area contributed by atoms with E-state index in [0.29, 0.717) is 0 Å². The molecule has 3 heteroatoms. The minimum Gasteiger partial charge on any atom is -0.313 e. The van der Waals surface area contributed by atoms with Crippen LogP contribution in [0.25, 0.3) is 0 Å². The Kier molecular flexibility index (Phi) is 3.78. The van der Waals surface area contributed by atoms with Crippen molar-refractivity contribution in [2.24, 2.45) is 0 Å². The molecule has 0 aliphatic heterocycles. The number of rotatable bonds is 4. The Bertz CT molecular complexity index is 272. The molecule has 1 aromatic rings. The van der Waals surface area contributed by atoms with Crippen molar-refractivity contribution in [1.29, 1.82) is 5.26 Å². The van der Waals surface area contributed by atoms with Gasteiger partial charge >= 0.3 is 0 Å². The molecule has 64 valence electrons. The van der Waals surface area contributed by atoms with Crippen molar-refractivity contribution in [2.75, 3.05) is 6.54 Å². The first-order valence-electron chi connectivity index (χ1n) is 4.05. The Labute approximate surface area is 76.8 Å². The molecule has 1 aromatic heterocycles. The van der Waals surface area contributed by atoms with Gasteiger partial charge in [0, 0.05) is 6.54 Å². The van der Waals surface area contributed by atoms with Gasteiger partial charge in [0.25, 0.3) is 0 Å². The number of thiophene rings is 1. The molecule has 0 aliphatic carbocycles. The zero-order valence-corrected chi connectivity index (χ0v) is 7.95. The fraction of sp³-hybridized carbons (Fsp3) is 0.444. The third-order valence-corrected chi connectivity index (χ3v) is 2.40. The lowest BCUT2D eigenvalue weighted by Crippen LogP contribution is -2.12. The van der Waals surface area contributed by atoms with Crippen molar-refractivity contribution in [3.05, 3.63) is 21.9 Å². The maximum Gasteiger partial charge on any atom is 0.110 e. The molecule has 0 saturated carbocycles. The van der Waals surface area contributed by atoms with Gasteiger partial charge in [0.05, 0.1) is 0 Å². The van der Waals surface area contributed by atoms with Crippen LogP contribution in [0.4, 0.5) is 0 Å². The molecule has 0 aliphatic rings. The van der Waals surface area contributed by atoms with Gasteiger partial charge in [0.15, 0.2) is 0 Å². The fourth-order valence-corrected chi connectivity index (χ4v) is 1.64. The number of nitrogens with one attached hydrogen (secondary N) is 1. The minimum absolute atomic E-state index is 0.795. The van der Waals surface area contributed by atoms with Crippen LogP contribution in [0.1, 0.15) is 23.8 Å². The largest absolute Gasteiger partial charge is 0.313 e. The average Bonchev–Trinajstić information content (AvgIpc) is 2.53. The van der Waals surface area contributed by atoms with Crippen LogP contribution in [-0.4, -0.2) is 6.54 Å². The monoisotopic (exact) mass is 180 g/mol. The number of nitrogens with zero attached hydrogens (tertiary/aromatic N) is 1. The summed E-state index contributed by atoms with van der Waals surface area (Å²) in [5, 5.41) is 13.9. The molecule has 2 nitrogen and oxygen atoms in total. The summed E-state index contributed by atoms with van der Waals surface area (Å²) in [5.41, 5.74) is 1.21. The smallest absolute Gasteiger partial charge is 0.110 e. The summed E-state index contributed by atoms with van der Waals surface area (Å²) >= 11 is 1.51. The Morgan fingerprint density at radius 3 is 3.08 bits per heavy atom. The third-order valence-electron chi connectivity index (χ3n) is 1.52. The molecule has 12 heavy (non-hydrogen) atoms. The predicted octanol–water partition coefficient (Wildman–Crippen LogP) is 2.12. The molecule has 0 radical (unpaired) electrons. The van der Waals surface area contributed by atoms with Gasteiger partial charge in [0.1, 0.15) is 10.9 Å². The quantitative estimate of drug-likeness (QED) is 0.720. The molecule has 1 heterocycles. The van der Waals surface area contributed by atoms with Crippen LogP contribution in [0.15, 0.2) is 11.4 Å². The summed E-state index contributed by atoms with van der Waals surface area (Å²) < 4.78 is 0. The van der Waals surface area contributed by atoms with Crippen LogP contribution in [0.2, 0.25) is 0 Å². The van der Waals surface area contributed by atoms with E-state index in [1.807, 2.05) is 11.4 Å². The Hall–Kier alpha value is -0.850. The lowest BCUT2D eigenvalue weighted by atomic mass is 10.3. The number of hydrogen-bond acceptors (Lipinski definition) is 3. The van der Waals surface area contributed by atoms with Crippen molar-refractivity contribution < 1.29 is 0 Å². The van der Waals surface area contributed by atoms with E-state index in [1.54, 1.807) is 0 Å². The summed E-state index contributed by atoms with van der Waals surface area (Å²) in [4.78, 5) is 0.795. The summed E-state index contributed by atoms with van der Waals surface area (Å²) in [7, 11) is 0. The summed E-state index contributed by atoms with van der Waals surface area (Å²) in [5.74, 6) is 0. The summed E-state index contributed by atoms with van der Waals surface area (Å²) in [6.45, 7) is 4.06. The highest BCUT2D eigenvalue weighted by Crippen LogP contribution is 2.12. The van der Waals surface area contributed by atoms with Gasteiger partial charge in [0.2, 0.25) is 0 Å². The lowest BCUT2D eigenvalue weighted by Gasteiger charge is -1.98. The predicted molar refractivity (Wildman–Crippen MR) is 51.0 cm³/mol. The van der Waals surface area contributed by atoms with Gasteiger partial charge in [-0.25, -0.2) is 0 Å². The second kappa shape index (κ2) is 4.91. The average molecular weight is 180 g/mol. The normalized spacial score (nSPS) is 9.67. The summed E-state index contributed by atoms with van der Waals surface area (Å²) in [6, 6.07) is 4.07. The first-order valence-corrected chi connectivity index (χ1v) is 4.93. The van der Waals surface area contributed by atoms with Crippen LogP contribution in [0, 0.1) is 11.3 Å². The topological polar surface area (TPSA) is 35.8 Å². The molecular weight excluding hydrogens is 168 g/mol. The molecule has 0 fully saturated rings.